The van der Waals surface area contributed by atoms with Crippen molar-refractivity contribution < 1.29 is 18.0 Å². The van der Waals surface area contributed by atoms with Gasteiger partial charge in [0, 0.05) is 11.6 Å². The maximum absolute atomic E-state index is 13.1. The molecule has 2 heterocycles. The highest BCUT2D eigenvalue weighted by atomic mass is 35.5. The standard InChI is InChI=1S/C19H19ClF3N3OS/c20-14-4-13(19(21,22)23)8-26-16(14)24-25-17(26)28-9-15(27)18-5-10-1-11(6-18)3-12(2-10)7-18/h4,8,10-12H,1-3,5-7,9H2. The van der Waals surface area contributed by atoms with Gasteiger partial charge in [-0.15, -0.1) is 10.2 Å². The summed E-state index contributed by atoms with van der Waals surface area (Å²) in [7, 11) is 0. The number of rotatable bonds is 4. The van der Waals surface area contributed by atoms with Crippen molar-refractivity contribution in [2.45, 2.75) is 49.9 Å². The summed E-state index contributed by atoms with van der Waals surface area (Å²) in [5, 5.41) is 8.02. The van der Waals surface area contributed by atoms with Crippen molar-refractivity contribution >= 4 is 34.8 Å². The first kappa shape index (κ1) is 18.7. The van der Waals surface area contributed by atoms with Crippen LogP contribution in [0.5, 0.6) is 0 Å². The molecule has 28 heavy (non-hydrogen) atoms. The van der Waals surface area contributed by atoms with E-state index in [4.69, 9.17) is 11.6 Å². The predicted octanol–water partition coefficient (Wildman–Crippen LogP) is 5.28. The van der Waals surface area contributed by atoms with Crippen LogP contribution in [0, 0.1) is 23.2 Å². The number of carbonyl (C=O) groups is 1. The van der Waals surface area contributed by atoms with E-state index in [0.717, 1.165) is 43.3 Å². The smallest absolute Gasteiger partial charge is 0.298 e. The minimum atomic E-state index is -4.51. The SMILES string of the molecule is O=C(CSc1nnc2c(Cl)cc(C(F)(F)F)cn12)C12CC3CC(CC(C3)C1)C2. The summed E-state index contributed by atoms with van der Waals surface area (Å²) in [5.41, 5.74) is -0.921. The van der Waals surface area contributed by atoms with Gasteiger partial charge in [0.2, 0.25) is 0 Å². The largest absolute Gasteiger partial charge is 0.417 e. The van der Waals surface area contributed by atoms with Crippen molar-refractivity contribution in [3.8, 4) is 0 Å². The topological polar surface area (TPSA) is 47.3 Å². The second-order valence-corrected chi connectivity index (χ2v) is 10.0. The van der Waals surface area contributed by atoms with Gasteiger partial charge in [-0.3, -0.25) is 9.20 Å². The molecule has 6 rings (SSSR count). The molecule has 4 nitrogen and oxygen atoms in total. The lowest BCUT2D eigenvalue weighted by molar-refractivity contribution is -0.141. The van der Waals surface area contributed by atoms with Gasteiger partial charge in [-0.05, 0) is 62.3 Å². The lowest BCUT2D eigenvalue weighted by Gasteiger charge is -2.56. The molecule has 0 spiro atoms. The van der Waals surface area contributed by atoms with E-state index in [1.807, 2.05) is 0 Å². The number of alkyl halides is 3. The van der Waals surface area contributed by atoms with Gasteiger partial charge in [0.15, 0.2) is 10.8 Å². The summed E-state index contributed by atoms with van der Waals surface area (Å²) in [5.74, 6) is 2.43. The summed E-state index contributed by atoms with van der Waals surface area (Å²) in [6.45, 7) is 0. The minimum absolute atomic E-state index is 0.110. The molecular formula is C19H19ClF3N3OS. The van der Waals surface area contributed by atoms with Crippen molar-refractivity contribution in [3.63, 3.8) is 0 Å². The Morgan fingerprint density at radius 3 is 2.36 bits per heavy atom. The summed E-state index contributed by atoms with van der Waals surface area (Å²) in [6, 6.07) is 0.848. The average molecular weight is 430 g/mol. The maximum atomic E-state index is 13.1. The first-order valence-corrected chi connectivity index (χ1v) is 10.9. The van der Waals surface area contributed by atoms with Gasteiger partial charge in [0.25, 0.3) is 0 Å². The summed E-state index contributed by atoms with van der Waals surface area (Å²) in [6.07, 6.45) is 3.13. The van der Waals surface area contributed by atoms with Crippen LogP contribution in [-0.2, 0) is 11.0 Å². The predicted molar refractivity (Wildman–Crippen MR) is 99.3 cm³/mol. The Labute approximate surface area is 169 Å². The Bertz CT molecular complexity index is 922. The van der Waals surface area contributed by atoms with Crippen LogP contribution in [0.15, 0.2) is 17.4 Å². The molecular weight excluding hydrogens is 411 g/mol. The number of Topliss-reactive ketones (excluding diaryl/α,β-unsaturated/α-hetero) is 1. The van der Waals surface area contributed by atoms with Crippen LogP contribution in [0.1, 0.15) is 44.1 Å². The van der Waals surface area contributed by atoms with Crippen LogP contribution in [-0.4, -0.2) is 26.1 Å². The number of carbonyl (C=O) groups excluding carboxylic acids is 1. The molecule has 4 aliphatic carbocycles. The van der Waals surface area contributed by atoms with Crippen molar-refractivity contribution in [1.29, 1.82) is 0 Å². The van der Waals surface area contributed by atoms with Crippen molar-refractivity contribution in [2.75, 3.05) is 5.75 Å². The second-order valence-electron chi connectivity index (χ2n) is 8.66. The molecule has 0 radical (unpaired) electrons. The van der Waals surface area contributed by atoms with Crippen LogP contribution >= 0.6 is 23.4 Å². The molecule has 4 saturated carbocycles. The zero-order valence-corrected chi connectivity index (χ0v) is 16.6. The fraction of sp³-hybridized carbons (Fsp3) is 0.632. The Balaban J connectivity index is 1.38. The molecule has 4 fully saturated rings. The van der Waals surface area contributed by atoms with Gasteiger partial charge >= 0.3 is 6.18 Å². The molecule has 9 heteroatoms. The molecule has 150 valence electrons. The van der Waals surface area contributed by atoms with Crippen molar-refractivity contribution in [1.82, 2.24) is 14.6 Å². The molecule has 0 unspecified atom stereocenters. The summed E-state index contributed by atoms with van der Waals surface area (Å²) < 4.78 is 40.5. The Kier molecular flexibility index (Phi) is 4.25. The van der Waals surface area contributed by atoms with Crippen molar-refractivity contribution in [3.05, 3.63) is 22.8 Å². The number of pyridine rings is 1. The third-order valence-corrected chi connectivity index (χ3v) is 7.94. The van der Waals surface area contributed by atoms with E-state index in [9.17, 15) is 18.0 Å². The first-order valence-electron chi connectivity index (χ1n) is 9.51. The maximum Gasteiger partial charge on any atom is 0.417 e. The van der Waals surface area contributed by atoms with Gasteiger partial charge in [-0.2, -0.15) is 13.2 Å². The number of halogens is 4. The average Bonchev–Trinajstić information content (AvgIpc) is 3.01. The molecule has 2 aromatic heterocycles. The molecule has 0 atom stereocenters. The van der Waals surface area contributed by atoms with E-state index in [1.165, 1.54) is 23.7 Å². The van der Waals surface area contributed by atoms with Gasteiger partial charge in [0.05, 0.1) is 16.3 Å². The van der Waals surface area contributed by atoms with E-state index in [2.05, 4.69) is 10.2 Å². The normalized spacial score (nSPS) is 31.6. The molecule has 0 aromatic carbocycles. The Hall–Kier alpha value is -1.28. The monoisotopic (exact) mass is 429 g/mol. The number of nitrogens with zero attached hydrogens (tertiary/aromatic N) is 3. The van der Waals surface area contributed by atoms with Crippen LogP contribution < -0.4 is 0 Å². The van der Waals surface area contributed by atoms with Crippen LogP contribution in [0.3, 0.4) is 0 Å². The number of ketones is 1. The zero-order chi connectivity index (χ0) is 19.7. The summed E-state index contributed by atoms with van der Waals surface area (Å²) >= 11 is 7.11. The molecule has 0 saturated heterocycles. The quantitative estimate of drug-likeness (QED) is 0.620. The molecule has 4 aliphatic rings. The number of aromatic nitrogens is 3. The highest BCUT2D eigenvalue weighted by Gasteiger charge is 2.54. The van der Waals surface area contributed by atoms with E-state index < -0.39 is 11.7 Å². The molecule has 2 aromatic rings. The zero-order valence-electron chi connectivity index (χ0n) is 15.0. The fourth-order valence-electron chi connectivity index (χ4n) is 5.92. The number of thioether (sulfide) groups is 1. The van der Waals surface area contributed by atoms with Crippen LogP contribution in [0.4, 0.5) is 13.2 Å². The third kappa shape index (κ3) is 3.03. The second kappa shape index (κ2) is 6.36. The van der Waals surface area contributed by atoms with Gasteiger partial charge < -0.3 is 0 Å². The van der Waals surface area contributed by atoms with E-state index in [1.54, 1.807) is 0 Å². The first-order chi connectivity index (χ1) is 13.2. The number of fused-ring (bicyclic) bond motifs is 1. The summed E-state index contributed by atoms with van der Waals surface area (Å²) in [4.78, 5) is 13.1. The van der Waals surface area contributed by atoms with Crippen molar-refractivity contribution in [2.24, 2.45) is 23.2 Å². The number of hydrogen-bond donors (Lipinski definition) is 0. The van der Waals surface area contributed by atoms with Gasteiger partial charge in [0.1, 0.15) is 5.78 Å². The van der Waals surface area contributed by atoms with E-state index >= 15 is 0 Å². The Morgan fingerprint density at radius 2 is 1.79 bits per heavy atom. The van der Waals surface area contributed by atoms with E-state index in [0.29, 0.717) is 17.8 Å². The highest BCUT2D eigenvalue weighted by Crippen LogP contribution is 2.60. The number of hydrogen-bond acceptors (Lipinski definition) is 4. The van der Waals surface area contributed by atoms with Crippen LogP contribution in [0.2, 0.25) is 5.02 Å². The molecule has 0 N–H and O–H groups in total. The van der Waals surface area contributed by atoms with E-state index in [-0.39, 0.29) is 32.8 Å². The van der Waals surface area contributed by atoms with Gasteiger partial charge in [-0.1, -0.05) is 23.4 Å². The minimum Gasteiger partial charge on any atom is -0.298 e. The lowest BCUT2D eigenvalue weighted by Crippen LogP contribution is -2.50. The molecule has 0 aliphatic heterocycles. The van der Waals surface area contributed by atoms with Crippen LogP contribution in [0.25, 0.3) is 5.65 Å². The fourth-order valence-corrected chi connectivity index (χ4v) is 7.11. The third-order valence-electron chi connectivity index (χ3n) is 6.72. The lowest BCUT2D eigenvalue weighted by atomic mass is 9.48. The molecule has 0 amide bonds. The Morgan fingerprint density at radius 1 is 1.18 bits per heavy atom. The molecule has 4 bridgehead atoms. The highest BCUT2D eigenvalue weighted by molar-refractivity contribution is 7.99. The van der Waals surface area contributed by atoms with Gasteiger partial charge in [-0.25, -0.2) is 0 Å².